The molecule has 0 aromatic heterocycles. The third-order valence-electron chi connectivity index (χ3n) is 6.48. The van der Waals surface area contributed by atoms with Crippen LogP contribution in [0.2, 0.25) is 0 Å². The van der Waals surface area contributed by atoms with Crippen molar-refractivity contribution in [3.05, 3.63) is 107 Å². The average molecular weight is 474 g/mol. The highest BCUT2D eigenvalue weighted by molar-refractivity contribution is 5.94. The Labute approximate surface area is 206 Å². The first-order chi connectivity index (χ1) is 17.0. The predicted octanol–water partition coefficient (Wildman–Crippen LogP) is 4.16. The molecule has 0 atom stereocenters. The number of hydrogen-bond acceptors (Lipinski definition) is 3. The number of nitrogens with zero attached hydrogens (tertiary/aromatic N) is 3. The van der Waals surface area contributed by atoms with Crippen LogP contribution in [0, 0.1) is 12.7 Å². The number of halogens is 1. The SMILES string of the molecule is Cc1ccc(C(=O)N(CCN2CCN(C(=O)Cc3ccccc3)CC2)Cc2ccc(F)cc2)cc1. The van der Waals surface area contributed by atoms with Crippen LogP contribution >= 0.6 is 0 Å². The monoisotopic (exact) mass is 473 g/mol. The quantitative estimate of drug-likeness (QED) is 0.493. The number of rotatable bonds is 8. The van der Waals surface area contributed by atoms with Gasteiger partial charge in [0.1, 0.15) is 5.82 Å². The van der Waals surface area contributed by atoms with Gasteiger partial charge in [0.05, 0.1) is 6.42 Å². The van der Waals surface area contributed by atoms with Crippen LogP contribution in [0.5, 0.6) is 0 Å². The number of piperazine rings is 1. The number of carbonyl (C=O) groups excluding carboxylic acids is 2. The molecule has 1 heterocycles. The average Bonchev–Trinajstić information content (AvgIpc) is 2.88. The molecule has 2 amide bonds. The van der Waals surface area contributed by atoms with Gasteiger partial charge in [-0.05, 0) is 42.3 Å². The van der Waals surface area contributed by atoms with Crippen molar-refractivity contribution in [3.8, 4) is 0 Å². The molecule has 1 aliphatic heterocycles. The van der Waals surface area contributed by atoms with E-state index in [4.69, 9.17) is 0 Å². The summed E-state index contributed by atoms with van der Waals surface area (Å²) in [6.07, 6.45) is 0.428. The van der Waals surface area contributed by atoms with Crippen molar-refractivity contribution in [2.24, 2.45) is 0 Å². The van der Waals surface area contributed by atoms with Crippen LogP contribution in [-0.2, 0) is 17.8 Å². The fraction of sp³-hybridized carbons (Fsp3) is 0.310. The van der Waals surface area contributed by atoms with Gasteiger partial charge in [0.25, 0.3) is 5.91 Å². The molecule has 0 spiro atoms. The molecular weight excluding hydrogens is 441 g/mol. The zero-order valence-corrected chi connectivity index (χ0v) is 20.2. The van der Waals surface area contributed by atoms with E-state index < -0.39 is 0 Å². The third kappa shape index (κ3) is 6.99. The topological polar surface area (TPSA) is 43.9 Å². The first-order valence-corrected chi connectivity index (χ1v) is 12.1. The summed E-state index contributed by atoms with van der Waals surface area (Å²) in [5.41, 5.74) is 3.68. The van der Waals surface area contributed by atoms with Gasteiger partial charge in [0, 0.05) is 51.4 Å². The summed E-state index contributed by atoms with van der Waals surface area (Å²) in [6.45, 7) is 6.64. The molecule has 1 saturated heterocycles. The van der Waals surface area contributed by atoms with Gasteiger partial charge in [0.2, 0.25) is 5.91 Å². The lowest BCUT2D eigenvalue weighted by molar-refractivity contribution is -0.132. The molecule has 0 N–H and O–H groups in total. The summed E-state index contributed by atoms with van der Waals surface area (Å²) in [4.78, 5) is 32.0. The van der Waals surface area contributed by atoms with Crippen molar-refractivity contribution in [1.29, 1.82) is 0 Å². The Morgan fingerprint density at radius 2 is 1.49 bits per heavy atom. The highest BCUT2D eigenvalue weighted by atomic mass is 19.1. The minimum atomic E-state index is -0.287. The van der Waals surface area contributed by atoms with Crippen molar-refractivity contribution in [3.63, 3.8) is 0 Å². The van der Waals surface area contributed by atoms with Crippen molar-refractivity contribution in [2.75, 3.05) is 39.3 Å². The fourth-order valence-corrected chi connectivity index (χ4v) is 4.31. The molecule has 1 aliphatic rings. The molecule has 6 heteroatoms. The molecule has 3 aromatic carbocycles. The zero-order valence-electron chi connectivity index (χ0n) is 20.2. The van der Waals surface area contributed by atoms with Crippen molar-refractivity contribution < 1.29 is 14.0 Å². The maximum Gasteiger partial charge on any atom is 0.254 e. The summed E-state index contributed by atoms with van der Waals surface area (Å²) in [5.74, 6) is -0.167. The van der Waals surface area contributed by atoms with Gasteiger partial charge < -0.3 is 9.80 Å². The van der Waals surface area contributed by atoms with Crippen LogP contribution in [0.25, 0.3) is 0 Å². The van der Waals surface area contributed by atoms with Crippen molar-refractivity contribution >= 4 is 11.8 Å². The van der Waals surface area contributed by atoms with Crippen LogP contribution in [0.15, 0.2) is 78.9 Å². The molecule has 5 nitrogen and oxygen atoms in total. The lowest BCUT2D eigenvalue weighted by Crippen LogP contribution is -2.51. The van der Waals surface area contributed by atoms with E-state index in [0.717, 1.165) is 36.3 Å². The maximum atomic E-state index is 13.4. The molecule has 0 unspecified atom stereocenters. The van der Waals surface area contributed by atoms with Gasteiger partial charge in [-0.1, -0.05) is 60.2 Å². The Morgan fingerprint density at radius 3 is 2.14 bits per heavy atom. The van der Waals surface area contributed by atoms with Gasteiger partial charge in [-0.3, -0.25) is 14.5 Å². The molecule has 182 valence electrons. The van der Waals surface area contributed by atoms with E-state index in [2.05, 4.69) is 4.90 Å². The number of amides is 2. The van der Waals surface area contributed by atoms with E-state index in [1.54, 1.807) is 12.1 Å². The highest BCUT2D eigenvalue weighted by Crippen LogP contribution is 2.13. The van der Waals surface area contributed by atoms with Crippen LogP contribution in [0.3, 0.4) is 0 Å². The maximum absolute atomic E-state index is 13.4. The molecule has 0 saturated carbocycles. The Balaban J connectivity index is 1.34. The van der Waals surface area contributed by atoms with Gasteiger partial charge in [-0.25, -0.2) is 4.39 Å². The van der Waals surface area contributed by atoms with Gasteiger partial charge in [0.15, 0.2) is 0 Å². The van der Waals surface area contributed by atoms with Crippen molar-refractivity contribution in [1.82, 2.24) is 14.7 Å². The lowest BCUT2D eigenvalue weighted by Gasteiger charge is -2.36. The summed E-state index contributed by atoms with van der Waals surface area (Å²) in [6, 6.07) is 23.7. The Hall–Kier alpha value is -3.51. The van der Waals surface area contributed by atoms with Crippen LogP contribution in [-0.4, -0.2) is 65.8 Å². The zero-order chi connectivity index (χ0) is 24.6. The second-order valence-corrected chi connectivity index (χ2v) is 9.10. The second-order valence-electron chi connectivity index (χ2n) is 9.10. The minimum absolute atomic E-state index is 0.0361. The largest absolute Gasteiger partial charge is 0.340 e. The first kappa shape index (κ1) is 24.6. The molecule has 0 radical (unpaired) electrons. The molecule has 1 fully saturated rings. The highest BCUT2D eigenvalue weighted by Gasteiger charge is 2.23. The summed E-state index contributed by atoms with van der Waals surface area (Å²) < 4.78 is 13.4. The number of benzene rings is 3. The molecule has 35 heavy (non-hydrogen) atoms. The molecule has 0 aliphatic carbocycles. The predicted molar refractivity (Wildman–Crippen MR) is 135 cm³/mol. The van der Waals surface area contributed by atoms with E-state index in [0.29, 0.717) is 38.2 Å². The minimum Gasteiger partial charge on any atom is -0.340 e. The van der Waals surface area contributed by atoms with E-state index in [1.165, 1.54) is 12.1 Å². The van der Waals surface area contributed by atoms with Crippen LogP contribution in [0.1, 0.15) is 27.0 Å². The molecular formula is C29H32FN3O2. The van der Waals surface area contributed by atoms with E-state index in [1.807, 2.05) is 71.3 Å². The summed E-state index contributed by atoms with van der Waals surface area (Å²) >= 11 is 0. The van der Waals surface area contributed by atoms with Crippen LogP contribution in [0.4, 0.5) is 4.39 Å². The first-order valence-electron chi connectivity index (χ1n) is 12.1. The number of hydrogen-bond donors (Lipinski definition) is 0. The smallest absolute Gasteiger partial charge is 0.254 e. The normalized spacial score (nSPS) is 14.1. The molecule has 4 rings (SSSR count). The fourth-order valence-electron chi connectivity index (χ4n) is 4.31. The van der Waals surface area contributed by atoms with Gasteiger partial charge in [-0.15, -0.1) is 0 Å². The summed E-state index contributed by atoms with van der Waals surface area (Å²) in [5, 5.41) is 0. The molecule has 3 aromatic rings. The standard InChI is InChI=1S/C29H32FN3O2/c1-23-7-11-26(12-8-23)29(35)33(22-25-9-13-27(30)14-10-25)20-17-31-15-18-32(19-16-31)28(34)21-24-5-3-2-4-6-24/h2-14H,15-22H2,1H3. The van der Waals surface area contributed by atoms with Gasteiger partial charge in [-0.2, -0.15) is 0 Å². The third-order valence-corrected chi connectivity index (χ3v) is 6.48. The Kier molecular flexibility index (Phi) is 8.27. The van der Waals surface area contributed by atoms with Crippen molar-refractivity contribution in [2.45, 2.75) is 19.9 Å². The van der Waals surface area contributed by atoms with Gasteiger partial charge >= 0.3 is 0 Å². The lowest BCUT2D eigenvalue weighted by atomic mass is 10.1. The molecule has 0 bridgehead atoms. The van der Waals surface area contributed by atoms with E-state index >= 15 is 0 Å². The number of aryl methyl sites for hydroxylation is 1. The summed E-state index contributed by atoms with van der Waals surface area (Å²) in [7, 11) is 0. The van der Waals surface area contributed by atoms with Crippen LogP contribution < -0.4 is 0 Å². The van der Waals surface area contributed by atoms with E-state index in [9.17, 15) is 14.0 Å². The second kappa shape index (κ2) is 11.8. The van der Waals surface area contributed by atoms with E-state index in [-0.39, 0.29) is 17.6 Å². The number of carbonyl (C=O) groups is 2. The Bertz CT molecular complexity index is 1110. The Morgan fingerprint density at radius 1 is 0.829 bits per heavy atom.